The van der Waals surface area contributed by atoms with Gasteiger partial charge in [-0.1, -0.05) is 0 Å². The molecule has 2 heterocycles. The number of rotatable bonds is 6. The summed E-state index contributed by atoms with van der Waals surface area (Å²) in [7, 11) is 1.01. The van der Waals surface area contributed by atoms with E-state index in [0.717, 1.165) is 36.9 Å². The van der Waals surface area contributed by atoms with Crippen molar-refractivity contribution >= 4 is 21.6 Å². The van der Waals surface area contributed by atoms with Gasteiger partial charge in [0, 0.05) is 30.9 Å². The molecule has 4 rings (SSSR count). The van der Waals surface area contributed by atoms with Gasteiger partial charge in [-0.2, -0.15) is 4.31 Å². The summed E-state index contributed by atoms with van der Waals surface area (Å²) in [6.45, 7) is 1.66. The lowest BCUT2D eigenvalue weighted by Gasteiger charge is -2.30. The van der Waals surface area contributed by atoms with Crippen molar-refractivity contribution in [3.63, 3.8) is 0 Å². The highest BCUT2D eigenvalue weighted by Gasteiger charge is 2.30. The summed E-state index contributed by atoms with van der Waals surface area (Å²) < 4.78 is 43.6. The number of carbonyl (C=O) groups is 1. The zero-order valence-corrected chi connectivity index (χ0v) is 19.4. The van der Waals surface area contributed by atoms with Crippen LogP contribution in [0.15, 0.2) is 35.2 Å². The van der Waals surface area contributed by atoms with Crippen LogP contribution in [0.2, 0.25) is 0 Å². The highest BCUT2D eigenvalue weighted by molar-refractivity contribution is 7.89. The van der Waals surface area contributed by atoms with Gasteiger partial charge in [-0.15, -0.1) is 0 Å². The van der Waals surface area contributed by atoms with E-state index in [0.29, 0.717) is 47.3 Å². The van der Waals surface area contributed by atoms with Crippen LogP contribution < -0.4 is 19.1 Å². The number of nitrogens with zero attached hydrogens (tertiary/aromatic N) is 2. The standard InChI is InChI=1S/C23H28N2O6S/c1-29-20-14-17(15-21(30-2)22(20)31-3)23(26)25-12-6-7-16-13-18(8-9-19(16)25)32(27,28)24-10-4-5-11-24/h8-9,13-15H,4-7,10-12H2,1-3H3. The van der Waals surface area contributed by atoms with E-state index in [2.05, 4.69) is 0 Å². The van der Waals surface area contributed by atoms with E-state index in [4.69, 9.17) is 14.2 Å². The SMILES string of the molecule is COc1cc(C(=O)N2CCCc3cc(S(=O)(=O)N4CCCC4)ccc32)cc(OC)c1OC. The fraction of sp³-hybridized carbons (Fsp3) is 0.435. The van der Waals surface area contributed by atoms with Crippen molar-refractivity contribution in [2.75, 3.05) is 45.9 Å². The maximum atomic E-state index is 13.4. The Kier molecular flexibility index (Phi) is 6.30. The molecule has 2 aromatic carbocycles. The van der Waals surface area contributed by atoms with Crippen LogP contribution in [0.3, 0.4) is 0 Å². The van der Waals surface area contributed by atoms with Crippen LogP contribution in [-0.4, -0.2) is 59.6 Å². The predicted octanol–water partition coefficient (Wildman–Crippen LogP) is 3.09. The van der Waals surface area contributed by atoms with Gasteiger partial charge in [0.1, 0.15) is 0 Å². The molecule has 0 unspecified atom stereocenters. The van der Waals surface area contributed by atoms with E-state index >= 15 is 0 Å². The van der Waals surface area contributed by atoms with E-state index in [1.165, 1.54) is 25.6 Å². The number of fused-ring (bicyclic) bond motifs is 1. The van der Waals surface area contributed by atoms with Crippen molar-refractivity contribution in [3.8, 4) is 17.2 Å². The second kappa shape index (κ2) is 8.99. The summed E-state index contributed by atoms with van der Waals surface area (Å²) in [6.07, 6.45) is 3.25. The molecular weight excluding hydrogens is 432 g/mol. The number of hydrogen-bond acceptors (Lipinski definition) is 6. The number of aryl methyl sites for hydroxylation is 1. The Labute approximate surface area is 188 Å². The summed E-state index contributed by atoms with van der Waals surface area (Å²) >= 11 is 0. The number of hydrogen-bond donors (Lipinski definition) is 0. The van der Waals surface area contributed by atoms with Gasteiger partial charge in [0.15, 0.2) is 11.5 Å². The molecule has 0 aromatic heterocycles. The fourth-order valence-electron chi connectivity index (χ4n) is 4.38. The van der Waals surface area contributed by atoms with E-state index in [-0.39, 0.29) is 5.91 Å². The Morgan fingerprint density at radius 3 is 2.12 bits per heavy atom. The molecule has 1 saturated heterocycles. The van der Waals surface area contributed by atoms with Crippen molar-refractivity contribution in [2.45, 2.75) is 30.6 Å². The summed E-state index contributed by atoms with van der Waals surface area (Å²) in [6, 6.07) is 8.33. The van der Waals surface area contributed by atoms with Crippen molar-refractivity contribution in [3.05, 3.63) is 41.5 Å². The fourth-order valence-corrected chi connectivity index (χ4v) is 5.95. The number of methoxy groups -OCH3 is 3. The molecule has 2 aliphatic heterocycles. The van der Waals surface area contributed by atoms with E-state index < -0.39 is 10.0 Å². The van der Waals surface area contributed by atoms with Crippen molar-refractivity contribution in [1.82, 2.24) is 4.31 Å². The van der Waals surface area contributed by atoms with Crippen LogP contribution in [0.25, 0.3) is 0 Å². The topological polar surface area (TPSA) is 85.4 Å². The lowest BCUT2D eigenvalue weighted by Crippen LogP contribution is -2.36. The minimum absolute atomic E-state index is 0.208. The number of carbonyl (C=O) groups excluding carboxylic acids is 1. The summed E-state index contributed by atoms with van der Waals surface area (Å²) in [4.78, 5) is 15.4. The number of benzene rings is 2. The van der Waals surface area contributed by atoms with Gasteiger partial charge < -0.3 is 19.1 Å². The van der Waals surface area contributed by atoms with Gasteiger partial charge in [-0.05, 0) is 61.6 Å². The maximum Gasteiger partial charge on any atom is 0.258 e. The molecule has 0 saturated carbocycles. The van der Waals surface area contributed by atoms with Crippen LogP contribution in [0.4, 0.5) is 5.69 Å². The lowest BCUT2D eigenvalue weighted by molar-refractivity contribution is 0.0984. The first kappa shape index (κ1) is 22.4. The number of anilines is 1. The van der Waals surface area contributed by atoms with Crippen molar-refractivity contribution < 1.29 is 27.4 Å². The monoisotopic (exact) mass is 460 g/mol. The zero-order valence-electron chi connectivity index (χ0n) is 18.6. The third-order valence-electron chi connectivity index (χ3n) is 6.03. The Morgan fingerprint density at radius 1 is 0.875 bits per heavy atom. The van der Waals surface area contributed by atoms with Crippen molar-refractivity contribution in [2.24, 2.45) is 0 Å². The molecular formula is C23H28N2O6S. The number of amides is 1. The molecule has 32 heavy (non-hydrogen) atoms. The molecule has 0 aliphatic carbocycles. The Balaban J connectivity index is 1.68. The van der Waals surface area contributed by atoms with E-state index in [1.54, 1.807) is 35.2 Å². The van der Waals surface area contributed by atoms with Gasteiger partial charge in [-0.25, -0.2) is 8.42 Å². The summed E-state index contributed by atoms with van der Waals surface area (Å²) in [5.74, 6) is 1.02. The highest BCUT2D eigenvalue weighted by Crippen LogP contribution is 2.39. The minimum Gasteiger partial charge on any atom is -0.493 e. The predicted molar refractivity (Wildman–Crippen MR) is 121 cm³/mol. The normalized spacial score (nSPS) is 16.5. The second-order valence-corrected chi connectivity index (χ2v) is 9.81. The first-order chi connectivity index (χ1) is 15.4. The Hall–Kier alpha value is -2.78. The molecule has 8 nitrogen and oxygen atoms in total. The first-order valence-electron chi connectivity index (χ1n) is 10.7. The van der Waals surface area contributed by atoms with Gasteiger partial charge in [-0.3, -0.25) is 4.79 Å². The smallest absolute Gasteiger partial charge is 0.258 e. The lowest BCUT2D eigenvalue weighted by atomic mass is 10.0. The summed E-state index contributed by atoms with van der Waals surface area (Å²) in [5.41, 5.74) is 1.99. The van der Waals surface area contributed by atoms with Crippen LogP contribution in [-0.2, 0) is 16.4 Å². The molecule has 1 amide bonds. The molecule has 9 heteroatoms. The van der Waals surface area contributed by atoms with E-state index in [9.17, 15) is 13.2 Å². The summed E-state index contributed by atoms with van der Waals surface area (Å²) in [5, 5.41) is 0. The van der Waals surface area contributed by atoms with Crippen LogP contribution in [0.1, 0.15) is 35.2 Å². The molecule has 2 aliphatic rings. The molecule has 1 fully saturated rings. The van der Waals surface area contributed by atoms with E-state index in [1.807, 2.05) is 0 Å². The quantitative estimate of drug-likeness (QED) is 0.659. The van der Waals surface area contributed by atoms with Gasteiger partial charge in [0.2, 0.25) is 15.8 Å². The average Bonchev–Trinajstić information content (AvgIpc) is 3.37. The highest BCUT2D eigenvalue weighted by atomic mass is 32.2. The molecule has 0 radical (unpaired) electrons. The third kappa shape index (κ3) is 3.91. The van der Waals surface area contributed by atoms with Crippen LogP contribution in [0.5, 0.6) is 17.2 Å². The van der Waals surface area contributed by atoms with Gasteiger partial charge in [0.25, 0.3) is 5.91 Å². The van der Waals surface area contributed by atoms with Crippen LogP contribution >= 0.6 is 0 Å². The maximum absolute atomic E-state index is 13.4. The number of ether oxygens (including phenoxy) is 3. The molecule has 0 atom stereocenters. The first-order valence-corrected chi connectivity index (χ1v) is 12.1. The molecule has 0 N–H and O–H groups in total. The number of sulfonamides is 1. The molecule has 0 spiro atoms. The van der Waals surface area contributed by atoms with Gasteiger partial charge >= 0.3 is 0 Å². The van der Waals surface area contributed by atoms with Crippen LogP contribution in [0, 0.1) is 0 Å². The largest absolute Gasteiger partial charge is 0.493 e. The van der Waals surface area contributed by atoms with Gasteiger partial charge in [0.05, 0.1) is 26.2 Å². The van der Waals surface area contributed by atoms with Crippen molar-refractivity contribution in [1.29, 1.82) is 0 Å². The Bertz CT molecular complexity index is 1100. The molecule has 0 bridgehead atoms. The average molecular weight is 461 g/mol. The zero-order chi connectivity index (χ0) is 22.9. The Morgan fingerprint density at radius 2 is 1.53 bits per heavy atom. The third-order valence-corrected chi connectivity index (χ3v) is 7.92. The minimum atomic E-state index is -3.50. The second-order valence-electron chi connectivity index (χ2n) is 7.88. The molecule has 172 valence electrons. The molecule has 2 aromatic rings.